The Morgan fingerprint density at radius 1 is 0.758 bits per heavy atom. The van der Waals surface area contributed by atoms with Gasteiger partial charge in [0, 0.05) is 16.9 Å². The summed E-state index contributed by atoms with van der Waals surface area (Å²) in [4.78, 5) is 22.3. The van der Waals surface area contributed by atoms with E-state index in [0.29, 0.717) is 18.1 Å². The number of rotatable bonds is 6. The number of benzene rings is 4. The Hall–Kier alpha value is -4.38. The minimum Gasteiger partial charge on any atom is -0.497 e. The molecule has 5 heteroatoms. The van der Waals surface area contributed by atoms with E-state index in [1.807, 2.05) is 109 Å². The largest absolute Gasteiger partial charge is 0.497 e. The Morgan fingerprint density at radius 3 is 1.94 bits per heavy atom. The fourth-order valence-corrected chi connectivity index (χ4v) is 3.97. The van der Waals surface area contributed by atoms with Gasteiger partial charge in [0.15, 0.2) is 0 Å². The van der Waals surface area contributed by atoms with Gasteiger partial charge < -0.3 is 9.64 Å². The summed E-state index contributed by atoms with van der Waals surface area (Å²) in [7, 11) is 1.63. The number of methoxy groups -OCH3 is 1. The van der Waals surface area contributed by atoms with Gasteiger partial charge in [-0.15, -0.1) is 0 Å². The number of para-hydroxylation sites is 3. The molecule has 0 saturated carbocycles. The van der Waals surface area contributed by atoms with E-state index >= 15 is 0 Å². The van der Waals surface area contributed by atoms with Crippen molar-refractivity contribution in [2.24, 2.45) is 4.99 Å². The van der Waals surface area contributed by atoms with Crippen molar-refractivity contribution in [3.05, 3.63) is 115 Å². The highest BCUT2D eigenvalue weighted by Gasteiger charge is 2.35. The van der Waals surface area contributed by atoms with Crippen molar-refractivity contribution in [3.63, 3.8) is 0 Å². The first-order valence-corrected chi connectivity index (χ1v) is 10.8. The van der Waals surface area contributed by atoms with Gasteiger partial charge in [0.1, 0.15) is 18.1 Å². The summed E-state index contributed by atoms with van der Waals surface area (Å²) in [5, 5.41) is 0. The number of ether oxygens (including phenoxy) is 1. The molecule has 4 aromatic carbocycles. The molecule has 0 spiro atoms. The molecule has 162 valence electrons. The summed E-state index contributed by atoms with van der Waals surface area (Å²) in [5.41, 5.74) is 4.85. The second-order valence-electron chi connectivity index (χ2n) is 7.65. The molecule has 0 N–H and O–H groups in total. The summed E-state index contributed by atoms with van der Waals surface area (Å²) < 4.78 is 5.23. The normalized spacial score (nSPS) is 13.8. The third-order valence-corrected chi connectivity index (χ3v) is 5.63. The van der Waals surface area contributed by atoms with E-state index in [-0.39, 0.29) is 5.91 Å². The van der Waals surface area contributed by atoms with E-state index in [0.717, 1.165) is 28.4 Å². The highest BCUT2D eigenvalue weighted by molar-refractivity contribution is 6.54. The number of fused-ring (bicyclic) bond motifs is 1. The molecule has 1 aliphatic heterocycles. The fraction of sp³-hybridized carbons (Fsp3) is 0.0714. The molecule has 4 aromatic rings. The number of hydrogen-bond acceptors (Lipinski definition) is 4. The second-order valence-corrected chi connectivity index (χ2v) is 7.65. The van der Waals surface area contributed by atoms with Crippen LogP contribution >= 0.6 is 0 Å². The van der Waals surface area contributed by atoms with Crippen LogP contribution in [-0.4, -0.2) is 25.4 Å². The summed E-state index contributed by atoms with van der Waals surface area (Å²) in [6, 6.07) is 35.4. The SMILES string of the molecule is COc1ccc(N=C2C(=O)N(CN(c3ccccc3)c3ccccc3)c3ccccc32)cc1. The lowest BCUT2D eigenvalue weighted by molar-refractivity contribution is -0.112. The zero-order chi connectivity index (χ0) is 22.6. The van der Waals surface area contributed by atoms with Crippen LogP contribution < -0.4 is 14.5 Å². The molecule has 0 saturated heterocycles. The van der Waals surface area contributed by atoms with Gasteiger partial charge in [-0.2, -0.15) is 0 Å². The number of carbonyl (C=O) groups excluding carboxylic acids is 1. The monoisotopic (exact) mass is 433 g/mol. The van der Waals surface area contributed by atoms with Crippen LogP contribution in [0.3, 0.4) is 0 Å². The van der Waals surface area contributed by atoms with Crippen LogP contribution in [0.25, 0.3) is 0 Å². The Bertz CT molecular complexity index is 1250. The highest BCUT2D eigenvalue weighted by atomic mass is 16.5. The average Bonchev–Trinajstić information content (AvgIpc) is 3.14. The molecule has 0 aromatic heterocycles. The van der Waals surface area contributed by atoms with Gasteiger partial charge in [0.2, 0.25) is 0 Å². The predicted octanol–water partition coefficient (Wildman–Crippen LogP) is 5.96. The van der Waals surface area contributed by atoms with Crippen molar-refractivity contribution >= 4 is 34.4 Å². The van der Waals surface area contributed by atoms with Gasteiger partial charge in [-0.1, -0.05) is 54.6 Å². The lowest BCUT2D eigenvalue weighted by atomic mass is 10.1. The van der Waals surface area contributed by atoms with Crippen LogP contribution in [0.15, 0.2) is 114 Å². The summed E-state index contributed by atoms with van der Waals surface area (Å²) in [6.07, 6.45) is 0. The lowest BCUT2D eigenvalue weighted by Gasteiger charge is -2.30. The fourth-order valence-electron chi connectivity index (χ4n) is 3.97. The maximum Gasteiger partial charge on any atom is 0.279 e. The number of aliphatic imine (C=N–C) groups is 1. The zero-order valence-corrected chi connectivity index (χ0v) is 18.3. The van der Waals surface area contributed by atoms with Crippen LogP contribution in [0, 0.1) is 0 Å². The van der Waals surface area contributed by atoms with E-state index in [2.05, 4.69) is 4.90 Å². The van der Waals surface area contributed by atoms with Crippen LogP contribution in [0.4, 0.5) is 22.7 Å². The molecule has 0 bridgehead atoms. The van der Waals surface area contributed by atoms with Crippen molar-refractivity contribution in [3.8, 4) is 5.75 Å². The standard InChI is InChI=1S/C28H23N3O2/c1-33-24-18-16-21(17-19-24)29-27-25-14-8-9-15-26(25)31(28(27)32)20-30(22-10-4-2-5-11-22)23-12-6-3-7-13-23/h2-19H,20H2,1H3. The van der Waals surface area contributed by atoms with Crippen molar-refractivity contribution in [1.82, 2.24) is 0 Å². The number of nitrogens with zero attached hydrogens (tertiary/aromatic N) is 3. The molecule has 5 nitrogen and oxygen atoms in total. The highest BCUT2D eigenvalue weighted by Crippen LogP contribution is 2.34. The third kappa shape index (κ3) is 4.08. The first kappa shape index (κ1) is 20.5. The van der Waals surface area contributed by atoms with Crippen LogP contribution in [0.2, 0.25) is 0 Å². The molecule has 33 heavy (non-hydrogen) atoms. The van der Waals surface area contributed by atoms with Crippen molar-refractivity contribution < 1.29 is 9.53 Å². The molecular weight excluding hydrogens is 410 g/mol. The molecule has 0 unspecified atom stereocenters. The maximum atomic E-state index is 13.6. The van der Waals surface area contributed by atoms with E-state index in [1.165, 1.54) is 0 Å². The quantitative estimate of drug-likeness (QED) is 0.377. The van der Waals surface area contributed by atoms with Gasteiger partial charge in [-0.05, 0) is 54.6 Å². The predicted molar refractivity (Wildman–Crippen MR) is 133 cm³/mol. The summed E-state index contributed by atoms with van der Waals surface area (Å²) >= 11 is 0. The van der Waals surface area contributed by atoms with Crippen molar-refractivity contribution in [2.75, 3.05) is 23.6 Å². The number of hydrogen-bond donors (Lipinski definition) is 0. The second kappa shape index (κ2) is 9.01. The summed E-state index contributed by atoms with van der Waals surface area (Å²) in [6.45, 7) is 0.367. The number of carbonyl (C=O) groups is 1. The molecule has 0 fully saturated rings. The molecule has 0 aliphatic carbocycles. The Kier molecular flexibility index (Phi) is 5.60. The number of amides is 1. The minimum atomic E-state index is -0.121. The van der Waals surface area contributed by atoms with E-state index in [9.17, 15) is 4.79 Å². The van der Waals surface area contributed by atoms with Crippen molar-refractivity contribution in [2.45, 2.75) is 0 Å². The Balaban J connectivity index is 1.54. The van der Waals surface area contributed by atoms with Crippen LogP contribution in [-0.2, 0) is 4.79 Å². The maximum absolute atomic E-state index is 13.6. The molecule has 0 atom stereocenters. The third-order valence-electron chi connectivity index (χ3n) is 5.63. The summed E-state index contributed by atoms with van der Waals surface area (Å²) in [5.74, 6) is 0.629. The first-order valence-electron chi connectivity index (χ1n) is 10.8. The van der Waals surface area contributed by atoms with E-state index < -0.39 is 0 Å². The molecule has 1 heterocycles. The Morgan fingerprint density at radius 2 is 1.33 bits per heavy atom. The van der Waals surface area contributed by atoms with Gasteiger partial charge in [-0.3, -0.25) is 9.69 Å². The topological polar surface area (TPSA) is 45.1 Å². The van der Waals surface area contributed by atoms with Gasteiger partial charge >= 0.3 is 0 Å². The number of anilines is 3. The molecule has 0 radical (unpaired) electrons. The molecule has 1 aliphatic rings. The van der Waals surface area contributed by atoms with E-state index in [4.69, 9.17) is 9.73 Å². The minimum absolute atomic E-state index is 0.121. The zero-order valence-electron chi connectivity index (χ0n) is 18.3. The molecule has 5 rings (SSSR count). The first-order chi connectivity index (χ1) is 16.2. The van der Waals surface area contributed by atoms with E-state index in [1.54, 1.807) is 12.0 Å². The molecular formula is C28H23N3O2. The average molecular weight is 434 g/mol. The van der Waals surface area contributed by atoms with Crippen molar-refractivity contribution in [1.29, 1.82) is 0 Å². The van der Waals surface area contributed by atoms with Crippen LogP contribution in [0.1, 0.15) is 5.56 Å². The van der Waals surface area contributed by atoms with Gasteiger partial charge in [-0.25, -0.2) is 4.99 Å². The van der Waals surface area contributed by atoms with Crippen LogP contribution in [0.5, 0.6) is 5.75 Å². The van der Waals surface area contributed by atoms with Gasteiger partial charge in [0.25, 0.3) is 5.91 Å². The molecule has 1 amide bonds. The van der Waals surface area contributed by atoms with Gasteiger partial charge in [0.05, 0.1) is 18.5 Å². The smallest absolute Gasteiger partial charge is 0.279 e. The lowest BCUT2D eigenvalue weighted by Crippen LogP contribution is -2.39. The Labute approximate surface area is 193 Å².